The molecule has 0 aromatic rings. The zero-order valence-electron chi connectivity index (χ0n) is 10.3. The van der Waals surface area contributed by atoms with E-state index in [0.29, 0.717) is 6.54 Å². The van der Waals surface area contributed by atoms with Gasteiger partial charge in [0.15, 0.2) is 0 Å². The molecule has 2 N–H and O–H groups in total. The molecule has 0 aromatic carbocycles. The van der Waals surface area contributed by atoms with Crippen LogP contribution >= 0.6 is 0 Å². The molecule has 0 aliphatic heterocycles. The van der Waals surface area contributed by atoms with E-state index in [9.17, 15) is 13.2 Å². The summed E-state index contributed by atoms with van der Waals surface area (Å²) in [6, 6.07) is 0. The van der Waals surface area contributed by atoms with Crippen LogP contribution in [0.3, 0.4) is 0 Å². The Kier molecular flexibility index (Phi) is 5.41. The van der Waals surface area contributed by atoms with Crippen molar-refractivity contribution >= 4 is 16.0 Å². The van der Waals surface area contributed by atoms with E-state index in [1.165, 1.54) is 0 Å². The number of aliphatic carboxylic acids is 1. The van der Waals surface area contributed by atoms with Gasteiger partial charge in [-0.3, -0.25) is 4.79 Å². The van der Waals surface area contributed by atoms with Crippen LogP contribution in [0.2, 0.25) is 0 Å². The van der Waals surface area contributed by atoms with Crippen molar-refractivity contribution in [1.82, 2.24) is 4.72 Å². The summed E-state index contributed by atoms with van der Waals surface area (Å²) in [6.07, 6.45) is -0.362. The molecular formula is C10H21NO4S. The van der Waals surface area contributed by atoms with Crippen molar-refractivity contribution in [3.8, 4) is 0 Å². The average molecular weight is 251 g/mol. The van der Waals surface area contributed by atoms with Crippen LogP contribution in [0.15, 0.2) is 0 Å². The smallest absolute Gasteiger partial charge is 0.304 e. The molecule has 0 spiro atoms. The molecule has 0 amide bonds. The van der Waals surface area contributed by atoms with E-state index in [2.05, 4.69) is 4.72 Å². The topological polar surface area (TPSA) is 83.5 Å². The predicted octanol–water partition coefficient (Wildman–Crippen LogP) is 1.06. The summed E-state index contributed by atoms with van der Waals surface area (Å²) >= 11 is 0. The summed E-state index contributed by atoms with van der Waals surface area (Å²) in [6.45, 7) is 8.39. The lowest BCUT2D eigenvalue weighted by atomic mass is 9.82. The summed E-state index contributed by atoms with van der Waals surface area (Å²) < 4.78 is 25.2. The zero-order valence-corrected chi connectivity index (χ0v) is 11.1. The van der Waals surface area contributed by atoms with Gasteiger partial charge in [-0.15, -0.1) is 0 Å². The van der Waals surface area contributed by atoms with E-state index in [1.54, 1.807) is 0 Å². The minimum Gasteiger partial charge on any atom is -0.481 e. The summed E-state index contributed by atoms with van der Waals surface area (Å²) in [4.78, 5) is 10.3. The van der Waals surface area contributed by atoms with Crippen LogP contribution < -0.4 is 4.72 Å². The molecule has 0 rings (SSSR count). The maximum absolute atomic E-state index is 11.4. The van der Waals surface area contributed by atoms with Crippen molar-refractivity contribution in [3.63, 3.8) is 0 Å². The lowest BCUT2D eigenvalue weighted by molar-refractivity contribution is -0.136. The Bertz CT molecular complexity index is 329. The molecule has 6 heteroatoms. The van der Waals surface area contributed by atoms with E-state index in [-0.39, 0.29) is 23.5 Å². The van der Waals surface area contributed by atoms with Gasteiger partial charge in [0.1, 0.15) is 0 Å². The summed E-state index contributed by atoms with van der Waals surface area (Å²) in [7, 11) is -3.46. The van der Waals surface area contributed by atoms with Gasteiger partial charge in [0.25, 0.3) is 0 Å². The zero-order chi connectivity index (χ0) is 13.0. The van der Waals surface area contributed by atoms with Gasteiger partial charge in [-0.05, 0) is 11.3 Å². The summed E-state index contributed by atoms with van der Waals surface area (Å²) in [5, 5.41) is 8.39. The molecule has 0 aliphatic carbocycles. The molecule has 0 saturated heterocycles. The Labute approximate surface area is 97.3 Å². The third kappa shape index (κ3) is 6.79. The maximum atomic E-state index is 11.4. The van der Waals surface area contributed by atoms with Crippen LogP contribution in [0.5, 0.6) is 0 Å². The SMILES string of the molecule is CC(CNS(=O)(=O)CCC(=O)O)C(C)(C)C. The summed E-state index contributed by atoms with van der Waals surface area (Å²) in [5.74, 6) is -1.28. The van der Waals surface area contributed by atoms with E-state index < -0.39 is 16.0 Å². The van der Waals surface area contributed by atoms with Gasteiger partial charge in [-0.2, -0.15) is 0 Å². The molecule has 0 aliphatic rings. The van der Waals surface area contributed by atoms with E-state index >= 15 is 0 Å². The Morgan fingerprint density at radius 3 is 2.25 bits per heavy atom. The van der Waals surface area contributed by atoms with Gasteiger partial charge in [-0.25, -0.2) is 13.1 Å². The average Bonchev–Trinajstić information content (AvgIpc) is 2.10. The van der Waals surface area contributed by atoms with E-state index in [4.69, 9.17) is 5.11 Å². The minimum absolute atomic E-state index is 0.0231. The number of carboxylic acid groups (broad SMARTS) is 1. The maximum Gasteiger partial charge on any atom is 0.304 e. The van der Waals surface area contributed by atoms with Gasteiger partial charge < -0.3 is 5.11 Å². The highest BCUT2D eigenvalue weighted by molar-refractivity contribution is 7.89. The first kappa shape index (κ1) is 15.4. The number of hydrogen-bond donors (Lipinski definition) is 2. The lowest BCUT2D eigenvalue weighted by Gasteiger charge is -2.27. The normalized spacial score (nSPS) is 14.8. The molecule has 0 aromatic heterocycles. The Morgan fingerprint density at radius 2 is 1.88 bits per heavy atom. The van der Waals surface area contributed by atoms with Crippen LogP contribution in [-0.2, 0) is 14.8 Å². The third-order valence-electron chi connectivity index (χ3n) is 2.67. The highest BCUT2D eigenvalue weighted by Gasteiger charge is 2.22. The van der Waals surface area contributed by atoms with Crippen LogP contribution in [0.4, 0.5) is 0 Å². The standard InChI is InChI=1S/C10H21NO4S/c1-8(10(2,3)4)7-11-16(14,15)6-5-9(12)13/h8,11H,5-7H2,1-4H3,(H,12,13). The lowest BCUT2D eigenvalue weighted by Crippen LogP contribution is -2.35. The number of hydrogen-bond acceptors (Lipinski definition) is 3. The van der Waals surface area contributed by atoms with Crippen molar-refractivity contribution < 1.29 is 18.3 Å². The molecule has 0 radical (unpaired) electrons. The van der Waals surface area contributed by atoms with Gasteiger partial charge in [0, 0.05) is 6.54 Å². The Balaban J connectivity index is 4.15. The Hall–Kier alpha value is -0.620. The molecule has 0 heterocycles. The van der Waals surface area contributed by atoms with Crippen molar-refractivity contribution in [2.45, 2.75) is 34.1 Å². The first-order chi connectivity index (χ1) is 7.04. The first-order valence-electron chi connectivity index (χ1n) is 5.24. The van der Waals surface area contributed by atoms with Crippen LogP contribution in [0.25, 0.3) is 0 Å². The number of carboxylic acids is 1. The number of rotatable bonds is 6. The second-order valence-corrected chi connectivity index (χ2v) is 7.00. The molecule has 96 valence electrons. The van der Waals surface area contributed by atoms with Gasteiger partial charge in [-0.1, -0.05) is 27.7 Å². The van der Waals surface area contributed by atoms with Gasteiger partial charge in [0.2, 0.25) is 10.0 Å². The van der Waals surface area contributed by atoms with Gasteiger partial charge in [0.05, 0.1) is 12.2 Å². The third-order valence-corrected chi connectivity index (χ3v) is 4.02. The fourth-order valence-corrected chi connectivity index (χ4v) is 1.94. The highest BCUT2D eigenvalue weighted by Crippen LogP contribution is 2.24. The molecular weight excluding hydrogens is 230 g/mol. The minimum atomic E-state index is -3.46. The predicted molar refractivity (Wildman–Crippen MR) is 62.7 cm³/mol. The molecule has 0 bridgehead atoms. The fourth-order valence-electron chi connectivity index (χ4n) is 0.852. The van der Waals surface area contributed by atoms with E-state index in [0.717, 1.165) is 0 Å². The quantitative estimate of drug-likeness (QED) is 0.739. The second-order valence-electron chi connectivity index (χ2n) is 5.08. The monoisotopic (exact) mass is 251 g/mol. The van der Waals surface area contributed by atoms with E-state index in [1.807, 2.05) is 27.7 Å². The largest absolute Gasteiger partial charge is 0.481 e. The van der Waals surface area contributed by atoms with Gasteiger partial charge >= 0.3 is 5.97 Å². The van der Waals surface area contributed by atoms with Crippen LogP contribution in [0, 0.1) is 11.3 Å². The number of sulfonamides is 1. The van der Waals surface area contributed by atoms with Crippen molar-refractivity contribution in [2.75, 3.05) is 12.3 Å². The second kappa shape index (κ2) is 5.63. The molecule has 5 nitrogen and oxygen atoms in total. The summed E-state index contributed by atoms with van der Waals surface area (Å²) in [5.41, 5.74) is 0.0231. The molecule has 0 saturated carbocycles. The molecule has 1 unspecified atom stereocenters. The molecule has 1 atom stereocenters. The van der Waals surface area contributed by atoms with Crippen LogP contribution in [-0.4, -0.2) is 31.8 Å². The highest BCUT2D eigenvalue weighted by atomic mass is 32.2. The van der Waals surface area contributed by atoms with Crippen molar-refractivity contribution in [1.29, 1.82) is 0 Å². The number of carbonyl (C=O) groups is 1. The van der Waals surface area contributed by atoms with Crippen molar-refractivity contribution in [2.24, 2.45) is 11.3 Å². The van der Waals surface area contributed by atoms with Crippen molar-refractivity contribution in [3.05, 3.63) is 0 Å². The number of nitrogens with one attached hydrogen (secondary N) is 1. The van der Waals surface area contributed by atoms with Crippen LogP contribution in [0.1, 0.15) is 34.1 Å². The molecule has 0 fully saturated rings. The first-order valence-corrected chi connectivity index (χ1v) is 6.89. The Morgan fingerprint density at radius 1 is 1.38 bits per heavy atom. The fraction of sp³-hybridized carbons (Fsp3) is 0.900. The molecule has 16 heavy (non-hydrogen) atoms.